The zero-order valence-corrected chi connectivity index (χ0v) is 17.1. The second-order valence-corrected chi connectivity index (χ2v) is 7.22. The number of hydrogen-bond acceptors (Lipinski definition) is 7. The molecule has 0 aromatic carbocycles. The molecule has 0 aliphatic heterocycles. The Kier molecular flexibility index (Phi) is 13.2. The molecule has 12 nitrogen and oxygen atoms in total. The van der Waals surface area contributed by atoms with Crippen LogP contribution >= 0.6 is 11.8 Å². The maximum atomic E-state index is 12.6. The van der Waals surface area contributed by atoms with Gasteiger partial charge in [0, 0.05) is 13.0 Å². The molecular weight excluding hydrogens is 404 g/mol. The number of aliphatic imine (C=N–C) groups is 1. The molecule has 0 saturated heterocycles. The summed E-state index contributed by atoms with van der Waals surface area (Å²) in [6.45, 7) is 0.210. The zero-order valence-electron chi connectivity index (χ0n) is 16.3. The van der Waals surface area contributed by atoms with Crippen LogP contribution in [0.15, 0.2) is 4.99 Å². The highest BCUT2D eigenvalue weighted by Crippen LogP contribution is 2.05. The number of hydrogen-bond donors (Lipinski definition) is 7. The Morgan fingerprint density at radius 2 is 1.62 bits per heavy atom. The van der Waals surface area contributed by atoms with E-state index in [9.17, 15) is 24.3 Å². The molecule has 0 saturated carbocycles. The Morgan fingerprint density at radius 1 is 1.00 bits per heavy atom. The summed E-state index contributed by atoms with van der Waals surface area (Å²) in [6.07, 6.45) is 2.10. The van der Waals surface area contributed by atoms with Crippen LogP contribution in [0.4, 0.5) is 0 Å². The van der Waals surface area contributed by atoms with E-state index in [1.54, 1.807) is 0 Å². The number of rotatable bonds is 15. The smallest absolute Gasteiger partial charge is 0.326 e. The molecular formula is C16H30N6O6S. The van der Waals surface area contributed by atoms with Crippen LogP contribution in [-0.4, -0.2) is 76.6 Å². The summed E-state index contributed by atoms with van der Waals surface area (Å²) >= 11 is 1.44. The third-order valence-electron chi connectivity index (χ3n) is 3.81. The van der Waals surface area contributed by atoms with Crippen molar-refractivity contribution < 1.29 is 29.4 Å². The Labute approximate surface area is 173 Å². The van der Waals surface area contributed by atoms with Crippen LogP contribution in [0.1, 0.15) is 32.1 Å². The van der Waals surface area contributed by atoms with E-state index >= 15 is 0 Å². The number of nitrogens with zero attached hydrogens (tertiary/aromatic N) is 1. The first kappa shape index (κ1) is 26.5. The van der Waals surface area contributed by atoms with E-state index in [1.165, 1.54) is 11.8 Å². The quantitative estimate of drug-likeness (QED) is 0.0855. The van der Waals surface area contributed by atoms with Gasteiger partial charge in [0.25, 0.3) is 0 Å². The lowest BCUT2D eigenvalue weighted by molar-refractivity contribution is -0.142. The number of carboxylic acid groups (broad SMARTS) is 2. The fraction of sp³-hybridized carbons (Fsp3) is 0.688. The van der Waals surface area contributed by atoms with Crippen LogP contribution in [-0.2, 0) is 19.2 Å². The highest BCUT2D eigenvalue weighted by Gasteiger charge is 2.27. The minimum atomic E-state index is -1.18. The molecule has 0 rings (SSSR count). The highest BCUT2D eigenvalue weighted by molar-refractivity contribution is 7.98. The summed E-state index contributed by atoms with van der Waals surface area (Å²) in [5.41, 5.74) is 16.1. The SMILES string of the molecule is CSCC[C@H](NC(=O)[C@H](CCCN=C(N)N)NC(=O)[C@@H](N)CCC(=O)O)C(=O)O. The number of amides is 2. The molecule has 0 aromatic rings. The molecule has 13 heteroatoms. The monoisotopic (exact) mass is 434 g/mol. The second kappa shape index (κ2) is 14.5. The van der Waals surface area contributed by atoms with Crippen molar-refractivity contribution in [3.63, 3.8) is 0 Å². The molecule has 0 fully saturated rings. The number of aliphatic carboxylic acids is 2. The molecule has 2 amide bonds. The van der Waals surface area contributed by atoms with Gasteiger partial charge in [-0.05, 0) is 37.7 Å². The van der Waals surface area contributed by atoms with E-state index in [4.69, 9.17) is 22.3 Å². The van der Waals surface area contributed by atoms with Gasteiger partial charge >= 0.3 is 11.9 Å². The van der Waals surface area contributed by atoms with Gasteiger partial charge in [0.15, 0.2) is 5.96 Å². The molecule has 0 bridgehead atoms. The average molecular weight is 435 g/mol. The summed E-state index contributed by atoms with van der Waals surface area (Å²) in [4.78, 5) is 50.5. The largest absolute Gasteiger partial charge is 0.481 e. The van der Waals surface area contributed by atoms with Gasteiger partial charge in [-0.25, -0.2) is 4.79 Å². The summed E-state index contributed by atoms with van der Waals surface area (Å²) in [6, 6.07) is -3.29. The Morgan fingerprint density at radius 3 is 2.14 bits per heavy atom. The minimum absolute atomic E-state index is 0.102. The number of carboxylic acids is 2. The molecule has 0 heterocycles. The van der Waals surface area contributed by atoms with E-state index in [0.717, 1.165) is 0 Å². The molecule has 0 spiro atoms. The van der Waals surface area contributed by atoms with Gasteiger partial charge in [-0.3, -0.25) is 19.4 Å². The van der Waals surface area contributed by atoms with Gasteiger partial charge in [0.05, 0.1) is 6.04 Å². The zero-order chi connectivity index (χ0) is 22.4. The molecule has 0 aromatic heterocycles. The van der Waals surface area contributed by atoms with Gasteiger partial charge in [-0.2, -0.15) is 11.8 Å². The number of carbonyl (C=O) groups excluding carboxylic acids is 2. The van der Waals surface area contributed by atoms with Gasteiger partial charge in [0.1, 0.15) is 12.1 Å². The lowest BCUT2D eigenvalue weighted by atomic mass is 10.1. The second-order valence-electron chi connectivity index (χ2n) is 6.23. The first-order chi connectivity index (χ1) is 13.6. The van der Waals surface area contributed by atoms with E-state index in [2.05, 4.69) is 15.6 Å². The normalized spacial score (nSPS) is 13.6. The van der Waals surface area contributed by atoms with E-state index in [0.29, 0.717) is 12.2 Å². The van der Waals surface area contributed by atoms with Crippen LogP contribution in [0.3, 0.4) is 0 Å². The van der Waals surface area contributed by atoms with Gasteiger partial charge in [-0.15, -0.1) is 0 Å². The first-order valence-corrected chi connectivity index (χ1v) is 10.3. The number of guanidine groups is 1. The lowest BCUT2D eigenvalue weighted by Crippen LogP contribution is -2.54. The number of carbonyl (C=O) groups is 4. The third-order valence-corrected chi connectivity index (χ3v) is 4.45. The van der Waals surface area contributed by atoms with E-state index in [1.807, 2.05) is 6.26 Å². The predicted octanol–water partition coefficient (Wildman–Crippen LogP) is -1.96. The summed E-state index contributed by atoms with van der Waals surface area (Å²) in [7, 11) is 0. The fourth-order valence-electron chi connectivity index (χ4n) is 2.23. The first-order valence-electron chi connectivity index (χ1n) is 8.93. The van der Waals surface area contributed by atoms with Crippen molar-refractivity contribution >= 4 is 41.5 Å². The van der Waals surface area contributed by atoms with Crippen LogP contribution in [0.25, 0.3) is 0 Å². The molecule has 0 aliphatic carbocycles. The standard InChI is InChI=1S/C16H30N6O6S/c1-29-8-6-11(15(27)28)22-14(26)10(3-2-7-20-16(18)19)21-13(25)9(17)4-5-12(23)24/h9-11H,2-8,17H2,1H3,(H,21,25)(H,22,26)(H,23,24)(H,27,28)(H4,18,19,20)/t9-,10-,11-/m0/s1. The van der Waals surface area contributed by atoms with Crippen molar-refractivity contribution in [3.05, 3.63) is 0 Å². The maximum Gasteiger partial charge on any atom is 0.326 e. The average Bonchev–Trinajstić information content (AvgIpc) is 2.64. The predicted molar refractivity (Wildman–Crippen MR) is 109 cm³/mol. The third kappa shape index (κ3) is 12.5. The number of nitrogens with two attached hydrogens (primary N) is 3. The topological polar surface area (TPSA) is 223 Å². The van der Waals surface area contributed by atoms with Gasteiger partial charge < -0.3 is 38.0 Å². The van der Waals surface area contributed by atoms with E-state index < -0.39 is 41.9 Å². The molecule has 10 N–H and O–H groups in total. The van der Waals surface area contributed by atoms with Crippen molar-refractivity contribution in [1.29, 1.82) is 0 Å². The van der Waals surface area contributed by atoms with Crippen LogP contribution in [0.2, 0.25) is 0 Å². The molecule has 3 atom stereocenters. The molecule has 166 valence electrons. The maximum absolute atomic E-state index is 12.6. The van der Waals surface area contributed by atoms with Crippen molar-refractivity contribution in [1.82, 2.24) is 10.6 Å². The summed E-state index contributed by atoms with van der Waals surface area (Å²) in [5, 5.41) is 22.8. The van der Waals surface area contributed by atoms with Gasteiger partial charge in [-0.1, -0.05) is 0 Å². The van der Waals surface area contributed by atoms with Crippen molar-refractivity contribution in [3.8, 4) is 0 Å². The van der Waals surface area contributed by atoms with Gasteiger partial charge in [0.2, 0.25) is 11.8 Å². The molecule has 0 radical (unpaired) electrons. The van der Waals surface area contributed by atoms with Crippen LogP contribution in [0, 0.1) is 0 Å². The molecule has 0 aliphatic rings. The summed E-state index contributed by atoms with van der Waals surface area (Å²) < 4.78 is 0. The van der Waals surface area contributed by atoms with Crippen LogP contribution in [0.5, 0.6) is 0 Å². The molecule has 29 heavy (non-hydrogen) atoms. The fourth-order valence-corrected chi connectivity index (χ4v) is 2.70. The van der Waals surface area contributed by atoms with E-state index in [-0.39, 0.29) is 38.2 Å². The number of nitrogens with one attached hydrogen (secondary N) is 2. The minimum Gasteiger partial charge on any atom is -0.481 e. The van der Waals surface area contributed by atoms with Crippen LogP contribution < -0.4 is 27.8 Å². The number of thioether (sulfide) groups is 1. The highest BCUT2D eigenvalue weighted by atomic mass is 32.2. The molecule has 0 unspecified atom stereocenters. The lowest BCUT2D eigenvalue weighted by Gasteiger charge is -2.22. The van der Waals surface area contributed by atoms with Crippen molar-refractivity contribution in [2.24, 2.45) is 22.2 Å². The summed E-state index contributed by atoms with van der Waals surface area (Å²) in [5.74, 6) is -3.26. The Bertz CT molecular complexity index is 598. The van der Waals surface area contributed by atoms with Crippen molar-refractivity contribution in [2.45, 2.75) is 50.2 Å². The van der Waals surface area contributed by atoms with Crippen molar-refractivity contribution in [2.75, 3.05) is 18.6 Å². The Balaban J connectivity index is 5.06. The Hall–Kier alpha value is -2.54.